The second-order valence-corrected chi connectivity index (χ2v) is 6.14. The molecule has 0 aliphatic carbocycles. The maximum atomic E-state index is 5.05. The molecule has 5 heteroatoms. The summed E-state index contributed by atoms with van der Waals surface area (Å²) in [6.07, 6.45) is 4.24. The number of nitrogens with one attached hydrogen (secondary N) is 1. The number of amidine groups is 1. The predicted octanol–water partition coefficient (Wildman–Crippen LogP) is 3.09. The van der Waals surface area contributed by atoms with E-state index in [1.54, 1.807) is 7.11 Å². The number of methoxy groups -OCH3 is 1. The van der Waals surface area contributed by atoms with Crippen LogP contribution in [-0.2, 0) is 6.54 Å². The molecule has 2 rings (SSSR count). The van der Waals surface area contributed by atoms with Gasteiger partial charge in [-0.05, 0) is 23.8 Å². The minimum atomic E-state index is 0.400. The lowest BCUT2D eigenvalue weighted by Gasteiger charge is -2.33. The number of aliphatic imine (C=N–C) groups is 1. The van der Waals surface area contributed by atoms with Crippen molar-refractivity contribution in [1.82, 2.24) is 10.3 Å². The van der Waals surface area contributed by atoms with Crippen LogP contribution in [0.2, 0.25) is 0 Å². The first-order valence-corrected chi connectivity index (χ1v) is 8.10. The fraction of sp³-hybridized carbons (Fsp3) is 0.600. The van der Waals surface area contributed by atoms with Gasteiger partial charge in [0.15, 0.2) is 5.17 Å². The van der Waals surface area contributed by atoms with Crippen molar-refractivity contribution in [2.75, 3.05) is 19.4 Å². The van der Waals surface area contributed by atoms with Crippen molar-refractivity contribution in [1.29, 1.82) is 0 Å². The Bertz CT molecular complexity index is 455. The fourth-order valence-corrected chi connectivity index (χ4v) is 3.42. The summed E-state index contributed by atoms with van der Waals surface area (Å²) < 4.78 is 5.05. The van der Waals surface area contributed by atoms with Crippen molar-refractivity contribution < 1.29 is 4.74 Å². The molecule has 0 saturated heterocycles. The molecule has 0 aromatic carbocycles. The van der Waals surface area contributed by atoms with E-state index < -0.39 is 0 Å². The molecule has 1 aliphatic rings. The molecule has 0 saturated carbocycles. The molecule has 0 unspecified atom stereocenters. The summed E-state index contributed by atoms with van der Waals surface area (Å²) >= 11 is 1.84. The smallest absolute Gasteiger partial charge is 0.212 e. The summed E-state index contributed by atoms with van der Waals surface area (Å²) in [5.41, 5.74) is 1.54. The van der Waals surface area contributed by atoms with Crippen LogP contribution in [0.15, 0.2) is 23.3 Å². The Morgan fingerprint density at radius 1 is 1.35 bits per heavy atom. The van der Waals surface area contributed by atoms with Crippen molar-refractivity contribution >= 4 is 16.9 Å². The molecular weight excluding hydrogens is 270 g/mol. The number of nitrogens with zero attached hydrogens (tertiary/aromatic N) is 2. The fourth-order valence-electron chi connectivity index (χ4n) is 2.15. The van der Waals surface area contributed by atoms with Gasteiger partial charge in [-0.25, -0.2) is 4.98 Å². The standard InChI is InChI=1S/C15H23N3OS/c1-4-15(5-2)10-18-14(20-11-15)17-9-12-6-7-13(19-3)16-8-12/h6-8H,4-5,9-11H2,1-3H3,(H,17,18). The van der Waals surface area contributed by atoms with Gasteiger partial charge in [0.05, 0.1) is 7.11 Å². The Morgan fingerprint density at radius 3 is 2.65 bits per heavy atom. The van der Waals surface area contributed by atoms with Crippen molar-refractivity contribution in [3.63, 3.8) is 0 Å². The minimum Gasteiger partial charge on any atom is -0.481 e. The highest BCUT2D eigenvalue weighted by molar-refractivity contribution is 8.13. The molecule has 1 N–H and O–H groups in total. The van der Waals surface area contributed by atoms with Crippen LogP contribution < -0.4 is 10.1 Å². The monoisotopic (exact) mass is 293 g/mol. The van der Waals surface area contributed by atoms with E-state index in [4.69, 9.17) is 9.73 Å². The molecule has 2 heterocycles. The number of ether oxygens (including phenoxy) is 1. The number of thioether (sulfide) groups is 1. The van der Waals surface area contributed by atoms with Gasteiger partial charge in [0, 0.05) is 31.1 Å². The molecular formula is C15H23N3OS. The lowest BCUT2D eigenvalue weighted by molar-refractivity contribution is 0.318. The zero-order valence-corrected chi connectivity index (χ0v) is 13.3. The van der Waals surface area contributed by atoms with E-state index in [0.29, 0.717) is 11.3 Å². The number of aromatic nitrogens is 1. The summed E-state index contributed by atoms with van der Waals surface area (Å²) in [6.45, 7) is 6.23. The number of rotatable bonds is 5. The molecule has 4 nitrogen and oxygen atoms in total. The van der Waals surface area contributed by atoms with Crippen LogP contribution in [0, 0.1) is 5.41 Å². The molecule has 1 aromatic heterocycles. The summed E-state index contributed by atoms with van der Waals surface area (Å²) in [7, 11) is 1.63. The van der Waals surface area contributed by atoms with Crippen LogP contribution in [0.25, 0.3) is 0 Å². The SMILES string of the molecule is CCC1(CC)CN=C(NCc2ccc(OC)nc2)SC1. The first-order valence-electron chi connectivity index (χ1n) is 7.11. The van der Waals surface area contributed by atoms with Gasteiger partial charge in [0.2, 0.25) is 5.88 Å². The Kier molecular flexibility index (Phi) is 5.29. The van der Waals surface area contributed by atoms with Crippen molar-refractivity contribution in [2.45, 2.75) is 33.2 Å². The summed E-state index contributed by atoms with van der Waals surface area (Å²) in [4.78, 5) is 8.90. The maximum Gasteiger partial charge on any atom is 0.212 e. The first-order chi connectivity index (χ1) is 9.71. The van der Waals surface area contributed by atoms with Gasteiger partial charge < -0.3 is 10.1 Å². The van der Waals surface area contributed by atoms with Crippen molar-refractivity contribution in [3.05, 3.63) is 23.9 Å². The zero-order chi connectivity index (χ0) is 14.4. The van der Waals surface area contributed by atoms with E-state index in [1.807, 2.05) is 30.1 Å². The van der Waals surface area contributed by atoms with E-state index in [1.165, 1.54) is 12.8 Å². The molecule has 0 spiro atoms. The van der Waals surface area contributed by atoms with Crippen molar-refractivity contribution in [2.24, 2.45) is 10.4 Å². The molecule has 1 aromatic rings. The van der Waals surface area contributed by atoms with Crippen LogP contribution in [-0.4, -0.2) is 29.6 Å². The molecule has 0 atom stereocenters. The van der Waals surface area contributed by atoms with E-state index in [0.717, 1.165) is 29.6 Å². The molecule has 0 amide bonds. The minimum absolute atomic E-state index is 0.400. The highest BCUT2D eigenvalue weighted by atomic mass is 32.2. The third-order valence-corrected chi connectivity index (χ3v) is 5.33. The maximum absolute atomic E-state index is 5.05. The van der Waals surface area contributed by atoms with Crippen LogP contribution >= 0.6 is 11.8 Å². The Morgan fingerprint density at radius 2 is 2.15 bits per heavy atom. The van der Waals surface area contributed by atoms with Gasteiger partial charge in [-0.2, -0.15) is 0 Å². The second-order valence-electron chi connectivity index (χ2n) is 5.18. The summed E-state index contributed by atoms with van der Waals surface area (Å²) in [6, 6.07) is 3.90. The molecule has 0 radical (unpaired) electrons. The average Bonchev–Trinajstić information content (AvgIpc) is 2.54. The van der Waals surface area contributed by atoms with Crippen LogP contribution in [0.3, 0.4) is 0 Å². The van der Waals surface area contributed by atoms with Gasteiger partial charge in [0.25, 0.3) is 0 Å². The largest absolute Gasteiger partial charge is 0.481 e. The predicted molar refractivity (Wildman–Crippen MR) is 85.4 cm³/mol. The highest BCUT2D eigenvalue weighted by Crippen LogP contribution is 2.34. The number of hydrogen-bond donors (Lipinski definition) is 1. The molecule has 0 bridgehead atoms. The Balaban J connectivity index is 1.87. The van der Waals surface area contributed by atoms with Gasteiger partial charge in [0.1, 0.15) is 0 Å². The third-order valence-electron chi connectivity index (χ3n) is 4.02. The lowest BCUT2D eigenvalue weighted by Crippen LogP contribution is -2.34. The Labute approximate surface area is 125 Å². The quantitative estimate of drug-likeness (QED) is 0.906. The van der Waals surface area contributed by atoms with E-state index in [2.05, 4.69) is 24.1 Å². The highest BCUT2D eigenvalue weighted by Gasteiger charge is 2.29. The normalized spacial score (nSPS) is 17.4. The zero-order valence-electron chi connectivity index (χ0n) is 12.5. The number of hydrogen-bond acceptors (Lipinski definition) is 5. The lowest BCUT2D eigenvalue weighted by atomic mass is 9.84. The van der Waals surface area contributed by atoms with E-state index in [-0.39, 0.29) is 0 Å². The van der Waals surface area contributed by atoms with Gasteiger partial charge in [-0.15, -0.1) is 0 Å². The molecule has 110 valence electrons. The molecule has 20 heavy (non-hydrogen) atoms. The molecule has 0 fully saturated rings. The van der Waals surface area contributed by atoms with E-state index >= 15 is 0 Å². The van der Waals surface area contributed by atoms with Crippen molar-refractivity contribution in [3.8, 4) is 5.88 Å². The first kappa shape index (κ1) is 15.2. The van der Waals surface area contributed by atoms with Gasteiger partial charge in [-0.1, -0.05) is 31.7 Å². The van der Waals surface area contributed by atoms with Crippen LogP contribution in [0.4, 0.5) is 0 Å². The third kappa shape index (κ3) is 3.66. The summed E-state index contributed by atoms with van der Waals surface area (Å²) in [5, 5.41) is 4.45. The summed E-state index contributed by atoms with van der Waals surface area (Å²) in [5.74, 6) is 1.81. The van der Waals surface area contributed by atoms with Crippen LogP contribution in [0.1, 0.15) is 32.3 Å². The topological polar surface area (TPSA) is 46.5 Å². The second kappa shape index (κ2) is 6.97. The number of pyridine rings is 1. The van der Waals surface area contributed by atoms with Gasteiger partial charge in [-0.3, -0.25) is 4.99 Å². The van der Waals surface area contributed by atoms with E-state index in [9.17, 15) is 0 Å². The average molecular weight is 293 g/mol. The van der Waals surface area contributed by atoms with Gasteiger partial charge >= 0.3 is 0 Å². The Hall–Kier alpha value is -1.23. The van der Waals surface area contributed by atoms with Crippen LogP contribution in [0.5, 0.6) is 5.88 Å². The molecule has 1 aliphatic heterocycles.